The Morgan fingerprint density at radius 2 is 2.11 bits per heavy atom. The van der Waals surface area contributed by atoms with Gasteiger partial charge in [-0.2, -0.15) is 0 Å². The Bertz CT molecular complexity index is 663. The molecule has 1 aromatic carbocycles. The molecule has 2 N–H and O–H groups in total. The molecule has 1 unspecified atom stereocenters. The van der Waals surface area contributed by atoms with E-state index in [1.54, 1.807) is 24.4 Å². The van der Waals surface area contributed by atoms with Crippen LogP contribution in [-0.2, 0) is 9.53 Å². The van der Waals surface area contributed by atoms with Gasteiger partial charge in [-0.15, -0.1) is 0 Å². The van der Waals surface area contributed by atoms with E-state index in [2.05, 4.69) is 4.74 Å². The lowest BCUT2D eigenvalue weighted by Crippen LogP contribution is -2.22. The third kappa shape index (κ3) is 2.34. The standard InChI is InChI=1S/C13H13ClN2O3/c1-7(17)16-6-10(12(15)13(18)19-2)9-4-3-8(14)5-11(9)16/h3-6,12H,15H2,1-2H3. The van der Waals surface area contributed by atoms with Crippen LogP contribution in [0, 0.1) is 0 Å². The maximum Gasteiger partial charge on any atom is 0.327 e. The van der Waals surface area contributed by atoms with Crippen LogP contribution in [0.3, 0.4) is 0 Å². The van der Waals surface area contributed by atoms with Crippen LogP contribution in [0.5, 0.6) is 0 Å². The van der Waals surface area contributed by atoms with Crippen molar-refractivity contribution in [2.75, 3.05) is 7.11 Å². The van der Waals surface area contributed by atoms with Crippen molar-refractivity contribution in [3.8, 4) is 0 Å². The van der Waals surface area contributed by atoms with Crippen LogP contribution in [0.25, 0.3) is 10.9 Å². The molecule has 1 heterocycles. The first-order chi connectivity index (χ1) is 8.95. The Morgan fingerprint density at radius 1 is 1.42 bits per heavy atom. The van der Waals surface area contributed by atoms with Crippen molar-refractivity contribution in [1.29, 1.82) is 0 Å². The molecule has 1 aromatic heterocycles. The number of fused-ring (bicyclic) bond motifs is 1. The van der Waals surface area contributed by atoms with E-state index in [-0.39, 0.29) is 5.91 Å². The average molecular weight is 281 g/mol. The van der Waals surface area contributed by atoms with Crippen molar-refractivity contribution < 1.29 is 14.3 Å². The number of hydrogen-bond acceptors (Lipinski definition) is 4. The Kier molecular flexibility index (Phi) is 3.59. The van der Waals surface area contributed by atoms with Gasteiger partial charge in [0.1, 0.15) is 6.04 Å². The summed E-state index contributed by atoms with van der Waals surface area (Å²) in [5.41, 5.74) is 6.99. The summed E-state index contributed by atoms with van der Waals surface area (Å²) in [6.07, 6.45) is 1.55. The van der Waals surface area contributed by atoms with E-state index in [0.29, 0.717) is 21.5 Å². The smallest absolute Gasteiger partial charge is 0.327 e. The van der Waals surface area contributed by atoms with Crippen LogP contribution in [0.4, 0.5) is 0 Å². The second-order valence-electron chi connectivity index (χ2n) is 4.14. The molecule has 0 aliphatic carbocycles. The number of nitrogens with two attached hydrogens (primary N) is 1. The summed E-state index contributed by atoms with van der Waals surface area (Å²) in [6.45, 7) is 1.42. The van der Waals surface area contributed by atoms with Gasteiger partial charge in [0.25, 0.3) is 0 Å². The molecule has 0 radical (unpaired) electrons. The SMILES string of the molecule is COC(=O)C(N)c1cn(C(C)=O)c2cc(Cl)ccc12. The molecule has 2 aromatic rings. The molecule has 5 nitrogen and oxygen atoms in total. The number of nitrogens with zero attached hydrogens (tertiary/aromatic N) is 1. The van der Waals surface area contributed by atoms with Crippen molar-refractivity contribution >= 4 is 34.4 Å². The molecule has 0 saturated carbocycles. The van der Waals surface area contributed by atoms with Gasteiger partial charge in [-0.05, 0) is 12.1 Å². The van der Waals surface area contributed by atoms with Crippen molar-refractivity contribution in [2.24, 2.45) is 5.73 Å². The number of benzene rings is 1. The van der Waals surface area contributed by atoms with Gasteiger partial charge in [0.2, 0.25) is 5.91 Å². The van der Waals surface area contributed by atoms with Gasteiger partial charge in [-0.3, -0.25) is 14.2 Å². The number of carbonyl (C=O) groups excluding carboxylic acids is 2. The highest BCUT2D eigenvalue weighted by Gasteiger charge is 2.22. The Labute approximate surface area is 114 Å². The summed E-state index contributed by atoms with van der Waals surface area (Å²) in [6, 6.07) is 4.14. The molecular weight excluding hydrogens is 268 g/mol. The second kappa shape index (κ2) is 5.03. The van der Waals surface area contributed by atoms with Gasteiger partial charge >= 0.3 is 5.97 Å². The first kappa shape index (κ1) is 13.6. The summed E-state index contributed by atoms with van der Waals surface area (Å²) in [5, 5.41) is 1.21. The number of carbonyl (C=O) groups is 2. The fourth-order valence-electron chi connectivity index (χ4n) is 1.99. The number of ether oxygens (including phenoxy) is 1. The van der Waals surface area contributed by atoms with Crippen LogP contribution in [-0.4, -0.2) is 23.6 Å². The van der Waals surface area contributed by atoms with Crippen LogP contribution in [0.2, 0.25) is 5.02 Å². The van der Waals surface area contributed by atoms with Gasteiger partial charge in [0.15, 0.2) is 0 Å². The minimum absolute atomic E-state index is 0.185. The van der Waals surface area contributed by atoms with Crippen molar-refractivity contribution in [3.05, 3.63) is 35.0 Å². The van der Waals surface area contributed by atoms with Crippen molar-refractivity contribution in [3.63, 3.8) is 0 Å². The maximum atomic E-state index is 11.6. The topological polar surface area (TPSA) is 74.3 Å². The molecule has 0 fully saturated rings. The molecule has 0 aliphatic heterocycles. The van der Waals surface area contributed by atoms with Crippen LogP contribution in [0.1, 0.15) is 23.3 Å². The molecule has 19 heavy (non-hydrogen) atoms. The lowest BCUT2D eigenvalue weighted by Gasteiger charge is -2.07. The van der Waals surface area contributed by atoms with Crippen LogP contribution in [0.15, 0.2) is 24.4 Å². The number of aromatic nitrogens is 1. The molecule has 2 rings (SSSR count). The van der Waals surface area contributed by atoms with Crippen LogP contribution >= 0.6 is 11.6 Å². The third-order valence-corrected chi connectivity index (χ3v) is 3.16. The van der Waals surface area contributed by atoms with Crippen LogP contribution < -0.4 is 5.73 Å². The van der Waals surface area contributed by atoms with E-state index in [1.807, 2.05) is 0 Å². The van der Waals surface area contributed by atoms with Gasteiger partial charge < -0.3 is 10.5 Å². The van der Waals surface area contributed by atoms with E-state index in [1.165, 1.54) is 18.6 Å². The zero-order valence-corrected chi connectivity index (χ0v) is 11.3. The molecule has 0 saturated heterocycles. The predicted octanol–water partition coefficient (Wildman–Crippen LogP) is 2.13. The fourth-order valence-corrected chi connectivity index (χ4v) is 2.16. The van der Waals surface area contributed by atoms with E-state index >= 15 is 0 Å². The molecule has 0 aliphatic rings. The van der Waals surface area contributed by atoms with E-state index in [9.17, 15) is 9.59 Å². The normalized spacial score (nSPS) is 12.4. The maximum absolute atomic E-state index is 11.6. The van der Waals surface area contributed by atoms with E-state index < -0.39 is 12.0 Å². The monoisotopic (exact) mass is 280 g/mol. The first-order valence-electron chi connectivity index (χ1n) is 5.60. The highest BCUT2D eigenvalue weighted by atomic mass is 35.5. The molecule has 0 amide bonds. The number of esters is 1. The van der Waals surface area contributed by atoms with Crippen molar-refractivity contribution in [1.82, 2.24) is 4.57 Å². The molecule has 1 atom stereocenters. The van der Waals surface area contributed by atoms with E-state index in [4.69, 9.17) is 17.3 Å². The molecule has 6 heteroatoms. The Morgan fingerprint density at radius 3 is 2.68 bits per heavy atom. The first-order valence-corrected chi connectivity index (χ1v) is 5.98. The highest BCUT2D eigenvalue weighted by Crippen LogP contribution is 2.28. The van der Waals surface area contributed by atoms with E-state index in [0.717, 1.165) is 0 Å². The quantitative estimate of drug-likeness (QED) is 0.855. The summed E-state index contributed by atoms with van der Waals surface area (Å²) in [7, 11) is 1.27. The zero-order chi connectivity index (χ0) is 14.2. The van der Waals surface area contributed by atoms with Gasteiger partial charge in [0.05, 0.1) is 12.6 Å². The zero-order valence-electron chi connectivity index (χ0n) is 10.5. The second-order valence-corrected chi connectivity index (χ2v) is 4.57. The largest absolute Gasteiger partial charge is 0.468 e. The highest BCUT2D eigenvalue weighted by molar-refractivity contribution is 6.31. The predicted molar refractivity (Wildman–Crippen MR) is 72.2 cm³/mol. The third-order valence-electron chi connectivity index (χ3n) is 2.93. The van der Waals surface area contributed by atoms with Gasteiger partial charge in [-0.25, -0.2) is 0 Å². The lowest BCUT2D eigenvalue weighted by atomic mass is 10.1. The minimum Gasteiger partial charge on any atom is -0.468 e. The molecular formula is C13H13ClN2O3. The van der Waals surface area contributed by atoms with Crippen molar-refractivity contribution in [2.45, 2.75) is 13.0 Å². The fraction of sp³-hybridized carbons (Fsp3) is 0.231. The summed E-state index contributed by atoms with van der Waals surface area (Å²) in [5.74, 6) is -0.742. The Hall–Kier alpha value is -1.85. The number of hydrogen-bond donors (Lipinski definition) is 1. The number of rotatable bonds is 2. The van der Waals surface area contributed by atoms with Gasteiger partial charge in [-0.1, -0.05) is 17.7 Å². The lowest BCUT2D eigenvalue weighted by molar-refractivity contribution is -0.142. The number of halogens is 1. The summed E-state index contributed by atoms with van der Waals surface area (Å²) < 4.78 is 6.04. The summed E-state index contributed by atoms with van der Waals surface area (Å²) >= 11 is 5.93. The average Bonchev–Trinajstić information content (AvgIpc) is 2.75. The Balaban J connectivity index is 2.69. The minimum atomic E-state index is -0.936. The number of methoxy groups -OCH3 is 1. The molecule has 0 spiro atoms. The van der Waals surface area contributed by atoms with Gasteiger partial charge in [0, 0.05) is 29.1 Å². The molecule has 0 bridgehead atoms. The summed E-state index contributed by atoms with van der Waals surface area (Å²) in [4.78, 5) is 23.1. The molecule has 100 valence electrons.